The van der Waals surface area contributed by atoms with Gasteiger partial charge in [0, 0.05) is 11.3 Å². The summed E-state index contributed by atoms with van der Waals surface area (Å²) in [5.74, 6) is -1.37. The Balaban J connectivity index is 2.52. The Bertz CT molecular complexity index is 612. The third-order valence-electron chi connectivity index (χ3n) is 3.43. The van der Waals surface area contributed by atoms with Gasteiger partial charge in [-0.3, -0.25) is 4.79 Å². The molecule has 1 N–H and O–H groups in total. The fourth-order valence-electron chi connectivity index (χ4n) is 2.34. The minimum absolute atomic E-state index is 0.542. The molecule has 0 saturated carbocycles. The highest BCUT2D eigenvalue weighted by atomic mass is 16.4. The van der Waals surface area contributed by atoms with E-state index < -0.39 is 11.9 Å². The van der Waals surface area contributed by atoms with E-state index in [0.717, 1.165) is 22.6 Å². The number of benzene rings is 1. The molecular formula is C15H18N2O2. The lowest BCUT2D eigenvalue weighted by Gasteiger charge is -2.08. The van der Waals surface area contributed by atoms with Crippen molar-refractivity contribution in [3.8, 4) is 5.69 Å². The van der Waals surface area contributed by atoms with Crippen LogP contribution in [0.5, 0.6) is 0 Å². The number of aryl methyl sites for hydroxylation is 2. The van der Waals surface area contributed by atoms with Gasteiger partial charge in [-0.25, -0.2) is 4.68 Å². The standard InChI is InChI=1S/C15H18N2O2/c1-9-5-7-13(8-6-9)17-12(4)14(11(3)16-17)10(2)15(18)19/h5-8,10H,1-4H3,(H,18,19). The maximum absolute atomic E-state index is 11.2. The van der Waals surface area contributed by atoms with E-state index in [4.69, 9.17) is 5.11 Å². The van der Waals surface area contributed by atoms with Gasteiger partial charge in [0.1, 0.15) is 0 Å². The minimum atomic E-state index is -0.824. The average molecular weight is 258 g/mol. The maximum atomic E-state index is 11.2. The summed E-state index contributed by atoms with van der Waals surface area (Å²) in [5, 5.41) is 13.6. The van der Waals surface area contributed by atoms with Crippen molar-refractivity contribution in [3.63, 3.8) is 0 Å². The van der Waals surface area contributed by atoms with Crippen molar-refractivity contribution in [2.45, 2.75) is 33.6 Å². The zero-order valence-electron chi connectivity index (χ0n) is 11.6. The first-order chi connectivity index (χ1) is 8.91. The molecule has 1 unspecified atom stereocenters. The van der Waals surface area contributed by atoms with Crippen molar-refractivity contribution >= 4 is 5.97 Å². The van der Waals surface area contributed by atoms with E-state index >= 15 is 0 Å². The predicted octanol–water partition coefficient (Wildman–Crippen LogP) is 2.99. The van der Waals surface area contributed by atoms with Gasteiger partial charge in [-0.05, 0) is 39.8 Å². The molecule has 2 rings (SSSR count). The zero-order valence-corrected chi connectivity index (χ0v) is 11.6. The van der Waals surface area contributed by atoms with E-state index in [0.29, 0.717) is 0 Å². The highest BCUT2D eigenvalue weighted by molar-refractivity contribution is 5.76. The normalized spacial score (nSPS) is 12.4. The van der Waals surface area contributed by atoms with Crippen molar-refractivity contribution in [2.24, 2.45) is 0 Å². The first-order valence-electron chi connectivity index (χ1n) is 6.27. The quantitative estimate of drug-likeness (QED) is 0.920. The van der Waals surface area contributed by atoms with Crippen molar-refractivity contribution in [2.75, 3.05) is 0 Å². The lowest BCUT2D eigenvalue weighted by atomic mass is 9.99. The average Bonchev–Trinajstić information content (AvgIpc) is 2.65. The van der Waals surface area contributed by atoms with Gasteiger partial charge in [-0.2, -0.15) is 5.10 Å². The predicted molar refractivity (Wildman–Crippen MR) is 73.8 cm³/mol. The highest BCUT2D eigenvalue weighted by Crippen LogP contribution is 2.25. The SMILES string of the molecule is Cc1ccc(-n2nc(C)c(C(C)C(=O)O)c2C)cc1. The van der Waals surface area contributed by atoms with Crippen LogP contribution in [-0.2, 0) is 4.79 Å². The number of hydrogen-bond donors (Lipinski definition) is 1. The first kappa shape index (κ1) is 13.3. The maximum Gasteiger partial charge on any atom is 0.310 e. The first-order valence-corrected chi connectivity index (χ1v) is 6.27. The van der Waals surface area contributed by atoms with Crippen molar-refractivity contribution in [3.05, 3.63) is 46.8 Å². The molecule has 1 heterocycles. The number of aromatic nitrogens is 2. The summed E-state index contributed by atoms with van der Waals surface area (Å²) in [6.07, 6.45) is 0. The molecule has 0 saturated heterocycles. The Morgan fingerprint density at radius 3 is 2.32 bits per heavy atom. The summed E-state index contributed by atoms with van der Waals surface area (Å²) < 4.78 is 1.81. The minimum Gasteiger partial charge on any atom is -0.481 e. The molecule has 0 aliphatic rings. The van der Waals surface area contributed by atoms with E-state index in [1.54, 1.807) is 6.92 Å². The van der Waals surface area contributed by atoms with Crippen LogP contribution in [0.2, 0.25) is 0 Å². The van der Waals surface area contributed by atoms with E-state index in [-0.39, 0.29) is 0 Å². The Morgan fingerprint density at radius 1 is 1.21 bits per heavy atom. The van der Waals surface area contributed by atoms with Gasteiger partial charge in [0.15, 0.2) is 0 Å². The molecule has 4 nitrogen and oxygen atoms in total. The number of nitrogens with zero attached hydrogens (tertiary/aromatic N) is 2. The van der Waals surface area contributed by atoms with Crippen LogP contribution in [0.15, 0.2) is 24.3 Å². The summed E-state index contributed by atoms with van der Waals surface area (Å²) >= 11 is 0. The van der Waals surface area contributed by atoms with Crippen LogP contribution in [0, 0.1) is 20.8 Å². The molecule has 0 aliphatic heterocycles. The lowest BCUT2D eigenvalue weighted by Crippen LogP contribution is -2.09. The second-order valence-corrected chi connectivity index (χ2v) is 4.89. The van der Waals surface area contributed by atoms with Crippen LogP contribution in [0.3, 0.4) is 0 Å². The molecule has 0 bridgehead atoms. The summed E-state index contributed by atoms with van der Waals surface area (Å²) in [4.78, 5) is 11.2. The molecule has 1 atom stereocenters. The molecule has 1 aromatic carbocycles. The third kappa shape index (κ3) is 2.38. The fraction of sp³-hybridized carbons (Fsp3) is 0.333. The van der Waals surface area contributed by atoms with Crippen molar-refractivity contribution in [1.29, 1.82) is 0 Å². The number of aliphatic carboxylic acids is 1. The van der Waals surface area contributed by atoms with E-state index in [2.05, 4.69) is 5.10 Å². The van der Waals surface area contributed by atoms with Crippen LogP contribution in [0.25, 0.3) is 5.69 Å². The molecule has 0 spiro atoms. The molecule has 1 aromatic heterocycles. The molecule has 0 amide bonds. The van der Waals surface area contributed by atoms with Gasteiger partial charge >= 0.3 is 5.97 Å². The molecule has 0 radical (unpaired) electrons. The van der Waals surface area contributed by atoms with Gasteiger partial charge in [0.05, 0.1) is 17.3 Å². The Kier molecular flexibility index (Phi) is 3.42. The number of hydrogen-bond acceptors (Lipinski definition) is 2. The molecule has 100 valence electrons. The molecule has 0 aliphatic carbocycles. The number of carboxylic acids is 1. The smallest absolute Gasteiger partial charge is 0.310 e. The van der Waals surface area contributed by atoms with Gasteiger partial charge in [-0.1, -0.05) is 17.7 Å². The lowest BCUT2D eigenvalue weighted by molar-refractivity contribution is -0.138. The molecule has 0 fully saturated rings. The second kappa shape index (κ2) is 4.88. The van der Waals surface area contributed by atoms with E-state index in [9.17, 15) is 4.79 Å². The van der Waals surface area contributed by atoms with Gasteiger partial charge in [-0.15, -0.1) is 0 Å². The Hall–Kier alpha value is -2.10. The van der Waals surface area contributed by atoms with E-state index in [1.165, 1.54) is 5.56 Å². The summed E-state index contributed by atoms with van der Waals surface area (Å²) in [7, 11) is 0. The third-order valence-corrected chi connectivity index (χ3v) is 3.43. The van der Waals surface area contributed by atoms with Gasteiger partial charge < -0.3 is 5.11 Å². The molecule has 4 heteroatoms. The van der Waals surface area contributed by atoms with Gasteiger partial charge in [0.25, 0.3) is 0 Å². The monoisotopic (exact) mass is 258 g/mol. The van der Waals surface area contributed by atoms with Crippen molar-refractivity contribution < 1.29 is 9.90 Å². The summed E-state index contributed by atoms with van der Waals surface area (Å²) in [6, 6.07) is 8.02. The van der Waals surface area contributed by atoms with Crippen LogP contribution in [-0.4, -0.2) is 20.9 Å². The van der Waals surface area contributed by atoms with E-state index in [1.807, 2.05) is 49.7 Å². The molecule has 2 aromatic rings. The van der Waals surface area contributed by atoms with Crippen LogP contribution >= 0.6 is 0 Å². The summed E-state index contributed by atoms with van der Waals surface area (Å²) in [5.41, 5.74) is 4.59. The molecular weight excluding hydrogens is 240 g/mol. The largest absolute Gasteiger partial charge is 0.481 e. The van der Waals surface area contributed by atoms with Crippen molar-refractivity contribution in [1.82, 2.24) is 9.78 Å². The summed E-state index contributed by atoms with van der Waals surface area (Å²) in [6.45, 7) is 7.49. The number of carboxylic acid groups (broad SMARTS) is 1. The molecule has 19 heavy (non-hydrogen) atoms. The highest BCUT2D eigenvalue weighted by Gasteiger charge is 2.23. The van der Waals surface area contributed by atoms with Crippen LogP contribution in [0.4, 0.5) is 0 Å². The fourth-order valence-corrected chi connectivity index (χ4v) is 2.34. The van der Waals surface area contributed by atoms with Crippen LogP contribution in [0.1, 0.15) is 35.4 Å². The number of rotatable bonds is 3. The second-order valence-electron chi connectivity index (χ2n) is 4.89. The number of carbonyl (C=O) groups is 1. The topological polar surface area (TPSA) is 55.1 Å². The van der Waals surface area contributed by atoms with Gasteiger partial charge in [0.2, 0.25) is 0 Å². The van der Waals surface area contributed by atoms with Crippen LogP contribution < -0.4 is 0 Å². The Morgan fingerprint density at radius 2 is 1.79 bits per heavy atom. The Labute approximate surface area is 112 Å². The zero-order chi connectivity index (χ0) is 14.2.